The molecular formula is C19H17BrF6N2O2. The van der Waals surface area contributed by atoms with Crippen LogP contribution in [-0.4, -0.2) is 42.5 Å². The van der Waals surface area contributed by atoms with Crippen LogP contribution in [0.25, 0.3) is 0 Å². The number of alkyl halides is 6. The molecule has 2 aromatic rings. The second-order valence-corrected chi connectivity index (χ2v) is 7.51. The molecule has 0 aliphatic carbocycles. The number of hydrogen-bond acceptors (Lipinski definition) is 4. The number of hydrogen-bond donors (Lipinski definition) is 2. The van der Waals surface area contributed by atoms with Gasteiger partial charge in [-0.2, -0.15) is 13.2 Å². The molecule has 1 saturated heterocycles. The number of nitrogens with zero attached hydrogens (tertiary/aromatic N) is 1. The molecule has 1 atom stereocenters. The van der Waals surface area contributed by atoms with Gasteiger partial charge in [-0.1, -0.05) is 12.1 Å². The Hall–Kier alpha value is -1.98. The fourth-order valence-corrected chi connectivity index (χ4v) is 3.80. The topological polar surface area (TPSA) is 44.7 Å². The summed E-state index contributed by atoms with van der Waals surface area (Å²) in [5, 5.41) is 13.6. The molecule has 1 fully saturated rings. The van der Waals surface area contributed by atoms with E-state index in [1.165, 1.54) is 12.1 Å². The van der Waals surface area contributed by atoms with Gasteiger partial charge in [0, 0.05) is 31.7 Å². The molecule has 1 aliphatic rings. The SMILES string of the molecule is Oc1c(Br)ccc(C(F)(F)F)c1[C@H](c1ccc(OC(F)(F)F)cc1)N1CCNCC1. The van der Waals surface area contributed by atoms with E-state index < -0.39 is 35.6 Å². The van der Waals surface area contributed by atoms with Crippen molar-refractivity contribution >= 4 is 15.9 Å². The van der Waals surface area contributed by atoms with Crippen LogP contribution in [0, 0.1) is 0 Å². The number of piperazine rings is 1. The Morgan fingerprint density at radius 3 is 2.10 bits per heavy atom. The van der Waals surface area contributed by atoms with Gasteiger partial charge < -0.3 is 15.2 Å². The highest BCUT2D eigenvalue weighted by Crippen LogP contribution is 2.46. The normalized spacial score (nSPS) is 17.0. The Balaban J connectivity index is 2.12. The Bertz CT molecular complexity index is 880. The van der Waals surface area contributed by atoms with Crippen LogP contribution in [0.15, 0.2) is 40.9 Å². The molecule has 0 spiro atoms. The first-order chi connectivity index (χ1) is 14.0. The summed E-state index contributed by atoms with van der Waals surface area (Å²) in [5.74, 6) is -1.05. The number of phenolic OH excluding ortho intramolecular Hbond substituents is 1. The van der Waals surface area contributed by atoms with Gasteiger partial charge in [0.25, 0.3) is 0 Å². The van der Waals surface area contributed by atoms with Gasteiger partial charge in [0.2, 0.25) is 0 Å². The molecule has 1 aliphatic heterocycles. The van der Waals surface area contributed by atoms with Crippen molar-refractivity contribution in [3.8, 4) is 11.5 Å². The van der Waals surface area contributed by atoms with E-state index in [-0.39, 0.29) is 10.0 Å². The average Bonchev–Trinajstić information content (AvgIpc) is 2.65. The van der Waals surface area contributed by atoms with Gasteiger partial charge in [-0.25, -0.2) is 0 Å². The van der Waals surface area contributed by atoms with Crippen molar-refractivity contribution in [3.05, 3.63) is 57.6 Å². The zero-order valence-electron chi connectivity index (χ0n) is 15.3. The Kier molecular flexibility index (Phi) is 6.54. The Morgan fingerprint density at radius 2 is 1.57 bits per heavy atom. The lowest BCUT2D eigenvalue weighted by molar-refractivity contribution is -0.274. The minimum atomic E-state index is -4.88. The molecule has 0 amide bonds. The van der Waals surface area contributed by atoms with Crippen LogP contribution in [0.2, 0.25) is 0 Å². The fourth-order valence-electron chi connectivity index (χ4n) is 3.46. The largest absolute Gasteiger partial charge is 0.573 e. The highest BCUT2D eigenvalue weighted by molar-refractivity contribution is 9.10. The van der Waals surface area contributed by atoms with Crippen LogP contribution in [0.5, 0.6) is 11.5 Å². The number of phenols is 1. The summed E-state index contributed by atoms with van der Waals surface area (Å²) in [6.45, 7) is 1.80. The number of benzene rings is 2. The lowest BCUT2D eigenvalue weighted by atomic mass is 9.91. The minimum Gasteiger partial charge on any atom is -0.506 e. The van der Waals surface area contributed by atoms with Crippen molar-refractivity contribution in [2.45, 2.75) is 18.6 Å². The molecule has 164 valence electrons. The second-order valence-electron chi connectivity index (χ2n) is 6.66. The van der Waals surface area contributed by atoms with Crippen LogP contribution in [0.1, 0.15) is 22.7 Å². The van der Waals surface area contributed by atoms with E-state index in [1.54, 1.807) is 4.90 Å². The van der Waals surface area contributed by atoms with E-state index in [4.69, 9.17) is 0 Å². The summed E-state index contributed by atoms with van der Waals surface area (Å²) in [7, 11) is 0. The van der Waals surface area contributed by atoms with Crippen molar-refractivity contribution < 1.29 is 36.2 Å². The van der Waals surface area contributed by atoms with Gasteiger partial charge in [0.1, 0.15) is 11.5 Å². The summed E-state index contributed by atoms with van der Waals surface area (Å²) in [5.41, 5.74) is -1.07. The lowest BCUT2D eigenvalue weighted by Gasteiger charge is -2.37. The average molecular weight is 499 g/mol. The van der Waals surface area contributed by atoms with Gasteiger partial charge in [0.15, 0.2) is 0 Å². The van der Waals surface area contributed by atoms with Crippen molar-refractivity contribution in [3.63, 3.8) is 0 Å². The van der Waals surface area contributed by atoms with Crippen molar-refractivity contribution in [1.29, 1.82) is 0 Å². The first-order valence-electron chi connectivity index (χ1n) is 8.86. The van der Waals surface area contributed by atoms with Crippen molar-refractivity contribution in [1.82, 2.24) is 10.2 Å². The van der Waals surface area contributed by atoms with Gasteiger partial charge in [-0.15, -0.1) is 13.2 Å². The molecular weight excluding hydrogens is 482 g/mol. The van der Waals surface area contributed by atoms with E-state index in [9.17, 15) is 31.4 Å². The summed E-state index contributed by atoms with van der Waals surface area (Å²) in [6.07, 6.45) is -9.62. The number of ether oxygens (including phenoxy) is 1. The van der Waals surface area contributed by atoms with Crippen LogP contribution in [-0.2, 0) is 6.18 Å². The van der Waals surface area contributed by atoms with Gasteiger partial charge in [0.05, 0.1) is 16.1 Å². The molecule has 0 bridgehead atoms. The molecule has 3 rings (SSSR count). The number of halogens is 7. The zero-order chi connectivity index (χ0) is 22.1. The van der Waals surface area contributed by atoms with Gasteiger partial charge in [-0.05, 0) is 45.8 Å². The maximum Gasteiger partial charge on any atom is 0.573 e. The van der Waals surface area contributed by atoms with E-state index in [0.717, 1.165) is 24.3 Å². The predicted octanol–water partition coefficient (Wildman–Crippen LogP) is 5.07. The summed E-state index contributed by atoms with van der Waals surface area (Å²) < 4.78 is 82.5. The van der Waals surface area contributed by atoms with E-state index >= 15 is 0 Å². The van der Waals surface area contributed by atoms with Crippen molar-refractivity contribution in [2.24, 2.45) is 0 Å². The van der Waals surface area contributed by atoms with Crippen LogP contribution >= 0.6 is 15.9 Å². The zero-order valence-corrected chi connectivity index (χ0v) is 16.9. The molecule has 2 aromatic carbocycles. The van der Waals surface area contributed by atoms with Gasteiger partial charge in [-0.3, -0.25) is 4.90 Å². The first kappa shape index (κ1) is 22.7. The standard InChI is InChI=1S/C19H17BrF6N2O2/c20-14-6-5-13(18(21,22)23)15(17(14)29)16(28-9-7-27-8-10-28)11-1-3-12(4-2-11)30-19(24,25)26/h1-6,16,27,29H,7-10H2/t16-/m0/s1. The summed E-state index contributed by atoms with van der Waals surface area (Å²) >= 11 is 3.06. The predicted molar refractivity (Wildman–Crippen MR) is 100 cm³/mol. The van der Waals surface area contributed by atoms with Crippen molar-refractivity contribution in [2.75, 3.05) is 26.2 Å². The summed E-state index contributed by atoms with van der Waals surface area (Å²) in [6, 6.07) is 5.58. The van der Waals surface area contributed by atoms with E-state index in [1.807, 2.05) is 0 Å². The molecule has 4 nitrogen and oxygen atoms in total. The molecule has 0 unspecified atom stereocenters. The van der Waals surface area contributed by atoms with Crippen LogP contribution in [0.3, 0.4) is 0 Å². The van der Waals surface area contributed by atoms with E-state index in [0.29, 0.717) is 31.7 Å². The lowest BCUT2D eigenvalue weighted by Crippen LogP contribution is -2.45. The van der Waals surface area contributed by atoms with Gasteiger partial charge >= 0.3 is 12.5 Å². The monoisotopic (exact) mass is 498 g/mol. The fraction of sp³-hybridized carbons (Fsp3) is 0.368. The number of nitrogens with one attached hydrogen (secondary N) is 1. The van der Waals surface area contributed by atoms with E-state index in [2.05, 4.69) is 26.0 Å². The Morgan fingerprint density at radius 1 is 0.967 bits per heavy atom. The first-order valence-corrected chi connectivity index (χ1v) is 9.65. The molecule has 11 heteroatoms. The maximum atomic E-state index is 13.8. The highest BCUT2D eigenvalue weighted by Gasteiger charge is 2.40. The second kappa shape index (κ2) is 8.64. The third-order valence-corrected chi connectivity index (χ3v) is 5.33. The molecule has 30 heavy (non-hydrogen) atoms. The smallest absolute Gasteiger partial charge is 0.506 e. The number of aromatic hydroxyl groups is 1. The minimum absolute atomic E-state index is 0.0858. The third-order valence-electron chi connectivity index (χ3n) is 4.69. The van der Waals surface area contributed by atoms with Crippen LogP contribution in [0.4, 0.5) is 26.3 Å². The maximum absolute atomic E-state index is 13.8. The Labute approximate surface area is 176 Å². The molecule has 2 N–H and O–H groups in total. The molecule has 1 heterocycles. The number of rotatable bonds is 4. The highest BCUT2D eigenvalue weighted by atomic mass is 79.9. The molecule has 0 radical (unpaired) electrons. The molecule has 0 aromatic heterocycles. The quantitative estimate of drug-likeness (QED) is 0.578. The molecule has 0 saturated carbocycles. The summed E-state index contributed by atoms with van der Waals surface area (Å²) in [4.78, 5) is 1.74. The van der Waals surface area contributed by atoms with Crippen LogP contribution < -0.4 is 10.1 Å². The third kappa shape index (κ3) is 5.19.